The van der Waals surface area contributed by atoms with Crippen molar-refractivity contribution in [1.29, 1.82) is 0 Å². The molecule has 8 rings (SSSR count). The van der Waals surface area contributed by atoms with Crippen LogP contribution in [0.5, 0.6) is 0 Å². The lowest BCUT2D eigenvalue weighted by atomic mass is 9.83. The second-order valence-electron chi connectivity index (χ2n) is 18.8. The molecule has 2 aromatic heterocycles. The third kappa shape index (κ3) is 8.87. The molecule has 4 aliphatic rings. The van der Waals surface area contributed by atoms with Gasteiger partial charge in [-0.05, 0) is 141 Å². The Balaban J connectivity index is 0.825. The van der Waals surface area contributed by atoms with Gasteiger partial charge in [0.15, 0.2) is 0 Å². The normalized spacial score (nSPS) is 23.5. The van der Waals surface area contributed by atoms with Gasteiger partial charge in [0.2, 0.25) is 11.8 Å². The van der Waals surface area contributed by atoms with E-state index in [1.807, 2.05) is 29.1 Å². The molecule has 1 saturated heterocycles. The summed E-state index contributed by atoms with van der Waals surface area (Å²) in [4.78, 5) is 72.1. The maximum Gasteiger partial charge on any atom is 0.274 e. The summed E-state index contributed by atoms with van der Waals surface area (Å²) in [5.41, 5.74) is 0.165. The Morgan fingerprint density at radius 3 is 2.31 bits per heavy atom. The highest BCUT2D eigenvalue weighted by Gasteiger charge is 2.45. The molecule has 1 unspecified atom stereocenters. The summed E-state index contributed by atoms with van der Waals surface area (Å²) in [5.74, 6) is -1.50. The zero-order valence-electron chi connectivity index (χ0n) is 36.2. The lowest BCUT2D eigenvalue weighted by Gasteiger charge is -2.38. The minimum absolute atomic E-state index is 0.0812. The number of carbonyl (C=O) groups is 5. The van der Waals surface area contributed by atoms with Crippen LogP contribution in [0.15, 0.2) is 54.7 Å². The van der Waals surface area contributed by atoms with Gasteiger partial charge in [-0.25, -0.2) is 9.37 Å². The second-order valence-corrected chi connectivity index (χ2v) is 18.8. The van der Waals surface area contributed by atoms with Crippen LogP contribution in [0, 0.1) is 11.8 Å². The van der Waals surface area contributed by atoms with Crippen LogP contribution < -0.4 is 16.0 Å². The Bertz CT molecular complexity index is 2400. The number of fused-ring (bicyclic) bond motifs is 2. The van der Waals surface area contributed by atoms with Crippen molar-refractivity contribution in [2.75, 3.05) is 30.8 Å². The highest BCUT2D eigenvalue weighted by atomic mass is 19.1. The quantitative estimate of drug-likeness (QED) is 0.110. The summed E-state index contributed by atoms with van der Waals surface area (Å²) in [6.45, 7) is 7.85. The first kappa shape index (κ1) is 43.1. The van der Waals surface area contributed by atoms with E-state index in [9.17, 15) is 33.5 Å². The zero-order chi connectivity index (χ0) is 44.1. The van der Waals surface area contributed by atoms with Crippen LogP contribution in [0.2, 0.25) is 0 Å². The van der Waals surface area contributed by atoms with Gasteiger partial charge < -0.3 is 20.6 Å². The fourth-order valence-corrected chi connectivity index (χ4v) is 9.82. The highest BCUT2D eigenvalue weighted by molar-refractivity contribution is 6.25. The van der Waals surface area contributed by atoms with Gasteiger partial charge in [0, 0.05) is 54.1 Å². The van der Waals surface area contributed by atoms with E-state index in [2.05, 4.69) is 32.9 Å². The van der Waals surface area contributed by atoms with E-state index in [1.165, 1.54) is 13.8 Å². The summed E-state index contributed by atoms with van der Waals surface area (Å²) >= 11 is 0. The average molecular weight is 849 g/mol. The molecule has 2 aliphatic heterocycles. The Morgan fingerprint density at radius 1 is 0.903 bits per heavy atom. The molecule has 1 atom stereocenters. The number of alkyl halides is 1. The molecular weight excluding hydrogens is 792 g/mol. The van der Waals surface area contributed by atoms with E-state index in [4.69, 9.17) is 5.10 Å². The first-order valence-corrected chi connectivity index (χ1v) is 22.0. The summed E-state index contributed by atoms with van der Waals surface area (Å²) < 4.78 is 16.6. The molecule has 4 heterocycles. The molecule has 2 saturated carbocycles. The molecule has 2 aromatic carbocycles. The number of rotatable bonds is 12. The van der Waals surface area contributed by atoms with Crippen molar-refractivity contribution in [3.63, 3.8) is 0 Å². The number of nitrogens with one attached hydrogen (secondary N) is 3. The van der Waals surface area contributed by atoms with Gasteiger partial charge in [-0.15, -0.1) is 0 Å². The number of hydrogen-bond donors (Lipinski definition) is 4. The number of aliphatic hydroxyl groups is 1. The molecule has 0 bridgehead atoms. The molecule has 0 spiro atoms. The number of halogens is 1. The molecule has 0 radical (unpaired) electrons. The number of pyridine rings is 1. The lowest BCUT2D eigenvalue weighted by Crippen LogP contribution is -2.54. The van der Waals surface area contributed by atoms with Crippen molar-refractivity contribution in [2.45, 2.75) is 121 Å². The predicted octanol–water partition coefficient (Wildman–Crippen LogP) is 6.85. The van der Waals surface area contributed by atoms with Crippen molar-refractivity contribution >= 4 is 51.8 Å². The highest BCUT2D eigenvalue weighted by Crippen LogP contribution is 2.38. The maximum absolute atomic E-state index is 14.6. The van der Waals surface area contributed by atoms with Crippen LogP contribution in [-0.2, 0) is 20.9 Å². The van der Waals surface area contributed by atoms with Crippen LogP contribution >= 0.6 is 0 Å². The molecule has 5 amide bonds. The number of imide groups is 2. The Kier molecular flexibility index (Phi) is 11.8. The van der Waals surface area contributed by atoms with Crippen molar-refractivity contribution in [1.82, 2.24) is 29.9 Å². The van der Waals surface area contributed by atoms with Gasteiger partial charge in [0.1, 0.15) is 17.4 Å². The minimum atomic E-state index is -1.70. The van der Waals surface area contributed by atoms with Gasteiger partial charge in [0.05, 0.1) is 34.0 Å². The van der Waals surface area contributed by atoms with E-state index in [0.717, 1.165) is 73.7 Å². The first-order chi connectivity index (χ1) is 29.4. The molecule has 3 fully saturated rings. The van der Waals surface area contributed by atoms with Crippen molar-refractivity contribution < 1.29 is 33.5 Å². The number of aromatic nitrogens is 3. The number of nitrogens with zero attached hydrogens (tertiary/aromatic N) is 5. The average Bonchev–Trinajstić information content (AvgIpc) is 3.77. The van der Waals surface area contributed by atoms with Gasteiger partial charge >= 0.3 is 0 Å². The van der Waals surface area contributed by atoms with Crippen LogP contribution in [0.25, 0.3) is 10.9 Å². The van der Waals surface area contributed by atoms with E-state index in [1.54, 1.807) is 44.2 Å². The molecule has 15 heteroatoms. The predicted molar refractivity (Wildman–Crippen MR) is 232 cm³/mol. The minimum Gasteiger partial charge on any atom is -0.386 e. The van der Waals surface area contributed by atoms with Crippen LogP contribution in [0.1, 0.15) is 140 Å². The lowest BCUT2D eigenvalue weighted by molar-refractivity contribution is -0.136. The summed E-state index contributed by atoms with van der Waals surface area (Å²) in [5, 5.41) is 25.5. The topological polar surface area (TPSA) is 179 Å². The van der Waals surface area contributed by atoms with Gasteiger partial charge in [-0.3, -0.25) is 38.9 Å². The second kappa shape index (κ2) is 17.0. The van der Waals surface area contributed by atoms with Crippen LogP contribution in [0.3, 0.4) is 0 Å². The molecule has 4 aromatic rings. The molecule has 2 aliphatic carbocycles. The fraction of sp³-hybridized carbons (Fsp3) is 0.511. The third-order valence-electron chi connectivity index (χ3n) is 13.4. The zero-order valence-corrected chi connectivity index (χ0v) is 36.2. The molecule has 328 valence electrons. The van der Waals surface area contributed by atoms with E-state index in [0.29, 0.717) is 46.9 Å². The van der Waals surface area contributed by atoms with E-state index in [-0.39, 0.29) is 35.8 Å². The monoisotopic (exact) mass is 848 g/mol. The molecule has 4 N–H and O–H groups in total. The third-order valence-corrected chi connectivity index (χ3v) is 13.4. The van der Waals surface area contributed by atoms with Crippen molar-refractivity contribution in [2.24, 2.45) is 11.8 Å². The van der Waals surface area contributed by atoms with Gasteiger partial charge in [-0.2, -0.15) is 5.10 Å². The van der Waals surface area contributed by atoms with Crippen LogP contribution in [-0.4, -0.2) is 91.4 Å². The summed E-state index contributed by atoms with van der Waals surface area (Å²) in [6.07, 6.45) is 10.7. The maximum atomic E-state index is 14.6. The van der Waals surface area contributed by atoms with E-state index < -0.39 is 46.8 Å². The Morgan fingerprint density at radius 2 is 1.61 bits per heavy atom. The fourth-order valence-electron chi connectivity index (χ4n) is 9.82. The molecular formula is C47H57FN8O6. The smallest absolute Gasteiger partial charge is 0.274 e. The SMILES string of the molecule is CN(CC1CCC(n2cc3cc(NC(=O)c4cccc(C(C)(C)F)n4)c(C(C)(C)O)cc3n2)CC1)C1CCC(CNc2cccc3c2C(=O)N(C2CCC(=O)NC2=O)C3=O)CC1. The number of anilines is 2. The number of benzene rings is 2. The number of hydrogen-bond acceptors (Lipinski definition) is 10. The molecule has 14 nitrogen and oxygen atoms in total. The summed E-state index contributed by atoms with van der Waals surface area (Å²) in [6, 6.07) is 13.3. The molecule has 62 heavy (non-hydrogen) atoms. The van der Waals surface area contributed by atoms with Crippen molar-refractivity contribution in [3.05, 3.63) is 82.8 Å². The number of piperidine rings is 1. The van der Waals surface area contributed by atoms with E-state index >= 15 is 0 Å². The van der Waals surface area contributed by atoms with Gasteiger partial charge in [0.25, 0.3) is 17.7 Å². The number of carbonyl (C=O) groups excluding carboxylic acids is 5. The first-order valence-electron chi connectivity index (χ1n) is 22.0. The van der Waals surface area contributed by atoms with Crippen molar-refractivity contribution in [3.8, 4) is 0 Å². The largest absolute Gasteiger partial charge is 0.386 e. The number of amides is 5. The summed E-state index contributed by atoms with van der Waals surface area (Å²) in [7, 11) is 2.24. The van der Waals surface area contributed by atoms with Crippen LogP contribution in [0.4, 0.5) is 15.8 Å². The Hall–Kier alpha value is -5.54. The standard InChI is InChI=1S/C47H57FN8O6/c1-46(2,48)39-11-7-10-35(50-39)42(58)51-37-22-29-26-55(53-36(29)23-33(37)47(3,4)62)31-18-14-28(15-19-31)25-54(5)30-16-12-27(13-17-30)24-49-34-9-6-8-32-41(34)45(61)56(44(32)60)38-20-21-40(57)52-43(38)59/h6-11,22-23,26-28,30-31,38,49,62H,12-21,24-25H2,1-5H3,(H,51,58)(H,52,57,59). The van der Waals surface area contributed by atoms with Gasteiger partial charge in [-0.1, -0.05) is 12.1 Å². The Labute approximate surface area is 361 Å².